The molecule has 1 amide bonds. The van der Waals surface area contributed by atoms with Crippen LogP contribution in [-0.4, -0.2) is 16.1 Å². The molecule has 0 saturated carbocycles. The molecule has 2 aromatic carbocycles. The second-order valence-electron chi connectivity index (χ2n) is 5.79. The number of para-hydroxylation sites is 1. The highest BCUT2D eigenvalue weighted by atomic mass is 35.5. The monoisotopic (exact) mass is 424 g/mol. The molecule has 0 spiro atoms. The number of nitrogens with zero attached hydrogens (tertiary/aromatic N) is 1. The smallest absolute Gasteiger partial charge is 0.237 e. The fourth-order valence-electron chi connectivity index (χ4n) is 2.47. The number of halogens is 3. The van der Waals surface area contributed by atoms with Gasteiger partial charge in [-0.3, -0.25) is 4.79 Å². The van der Waals surface area contributed by atoms with Crippen molar-refractivity contribution in [3.8, 4) is 0 Å². The van der Waals surface area contributed by atoms with Gasteiger partial charge in [-0.2, -0.15) is 0 Å². The molecule has 0 radical (unpaired) electrons. The fraction of sp³-hybridized carbons (Fsp3) is 0.158. The van der Waals surface area contributed by atoms with Crippen molar-refractivity contribution in [3.63, 3.8) is 0 Å². The van der Waals surface area contributed by atoms with E-state index in [0.717, 1.165) is 21.5 Å². The minimum atomic E-state index is -0.367. The van der Waals surface area contributed by atoms with Crippen LogP contribution in [0.15, 0.2) is 47.5 Å². The first-order valence-corrected chi connectivity index (χ1v) is 9.85. The van der Waals surface area contributed by atoms with E-state index in [4.69, 9.17) is 34.8 Å². The third kappa shape index (κ3) is 4.26. The zero-order valence-corrected chi connectivity index (χ0v) is 17.1. The number of aryl methyl sites for hydroxylation is 1. The zero-order valence-electron chi connectivity index (χ0n) is 14.0. The Hall–Kier alpha value is -1.46. The van der Waals surface area contributed by atoms with Crippen LogP contribution in [0.2, 0.25) is 15.1 Å². The van der Waals surface area contributed by atoms with Crippen LogP contribution in [-0.2, 0) is 4.79 Å². The number of benzene rings is 2. The third-order valence-corrected chi connectivity index (χ3v) is 5.89. The maximum Gasteiger partial charge on any atom is 0.237 e. The summed E-state index contributed by atoms with van der Waals surface area (Å²) in [6, 6.07) is 13.0. The Bertz CT molecular complexity index is 994. The lowest BCUT2D eigenvalue weighted by molar-refractivity contribution is -0.115. The Morgan fingerprint density at radius 2 is 1.77 bits per heavy atom. The molecule has 1 N–H and O–H groups in total. The third-order valence-electron chi connectivity index (χ3n) is 3.83. The van der Waals surface area contributed by atoms with E-state index in [9.17, 15) is 4.79 Å². The minimum Gasteiger partial charge on any atom is -0.324 e. The average molecular weight is 426 g/mol. The number of aromatic nitrogens is 1. The Balaban J connectivity index is 1.76. The van der Waals surface area contributed by atoms with E-state index in [1.165, 1.54) is 17.8 Å². The molecule has 1 atom stereocenters. The van der Waals surface area contributed by atoms with Gasteiger partial charge < -0.3 is 5.32 Å². The highest BCUT2D eigenvalue weighted by Crippen LogP contribution is 2.33. The number of anilines is 1. The highest BCUT2D eigenvalue weighted by Gasteiger charge is 2.18. The van der Waals surface area contributed by atoms with Crippen LogP contribution in [0, 0.1) is 6.92 Å². The summed E-state index contributed by atoms with van der Waals surface area (Å²) in [5, 5.41) is 5.33. The van der Waals surface area contributed by atoms with Crippen molar-refractivity contribution >= 4 is 69.1 Å². The minimum absolute atomic E-state index is 0.192. The number of thioether (sulfide) groups is 1. The number of rotatable bonds is 4. The number of carbonyl (C=O) groups is 1. The molecule has 0 fully saturated rings. The summed E-state index contributed by atoms with van der Waals surface area (Å²) in [5.41, 5.74) is 2.47. The van der Waals surface area contributed by atoms with Crippen LogP contribution < -0.4 is 5.32 Å². The van der Waals surface area contributed by atoms with Crippen LogP contribution in [0.3, 0.4) is 0 Å². The molecule has 134 valence electrons. The summed E-state index contributed by atoms with van der Waals surface area (Å²) in [6.45, 7) is 3.85. The molecular formula is C19H15Cl3N2OS. The quantitative estimate of drug-likeness (QED) is 0.377. The molecule has 1 aromatic heterocycles. The van der Waals surface area contributed by atoms with Gasteiger partial charge in [0.05, 0.1) is 36.5 Å². The summed E-state index contributed by atoms with van der Waals surface area (Å²) in [4.78, 5) is 17.1. The lowest BCUT2D eigenvalue weighted by Crippen LogP contribution is -2.22. The molecule has 3 aromatic rings. The van der Waals surface area contributed by atoms with E-state index in [2.05, 4.69) is 10.3 Å². The first-order chi connectivity index (χ1) is 12.3. The Labute approximate surface area is 171 Å². The summed E-state index contributed by atoms with van der Waals surface area (Å²) in [6.07, 6.45) is 0. The van der Waals surface area contributed by atoms with E-state index in [0.29, 0.717) is 20.8 Å². The highest BCUT2D eigenvalue weighted by molar-refractivity contribution is 8.00. The van der Waals surface area contributed by atoms with Crippen LogP contribution >= 0.6 is 46.6 Å². The second-order valence-corrected chi connectivity index (χ2v) is 8.37. The maximum atomic E-state index is 12.5. The molecule has 0 bridgehead atoms. The lowest BCUT2D eigenvalue weighted by Gasteiger charge is -2.14. The second kappa shape index (κ2) is 8.05. The van der Waals surface area contributed by atoms with Crippen molar-refractivity contribution in [3.05, 3.63) is 63.1 Å². The summed E-state index contributed by atoms with van der Waals surface area (Å²) < 4.78 is 0. The van der Waals surface area contributed by atoms with Crippen molar-refractivity contribution in [2.45, 2.75) is 24.1 Å². The molecule has 26 heavy (non-hydrogen) atoms. The standard InChI is InChI=1S/C19H15Cl3N2OS/c1-10-7-18(23-16-6-4-3-5-12(10)16)26-11(2)19(25)24-17-9-14(21)13(20)8-15(17)22/h3-9,11H,1-2H3,(H,24,25). The number of hydrogen-bond acceptors (Lipinski definition) is 3. The molecule has 0 aliphatic heterocycles. The van der Waals surface area contributed by atoms with E-state index in [1.54, 1.807) is 6.07 Å². The van der Waals surface area contributed by atoms with E-state index >= 15 is 0 Å². The van der Waals surface area contributed by atoms with E-state index in [1.807, 2.05) is 44.2 Å². The molecule has 1 heterocycles. The lowest BCUT2D eigenvalue weighted by atomic mass is 10.1. The zero-order chi connectivity index (χ0) is 18.8. The summed E-state index contributed by atoms with van der Waals surface area (Å²) in [7, 11) is 0. The van der Waals surface area contributed by atoms with Gasteiger partial charge in [0.1, 0.15) is 0 Å². The van der Waals surface area contributed by atoms with Crippen LogP contribution in [0.1, 0.15) is 12.5 Å². The van der Waals surface area contributed by atoms with Gasteiger partial charge >= 0.3 is 0 Å². The van der Waals surface area contributed by atoms with Gasteiger partial charge in [0.25, 0.3) is 0 Å². The van der Waals surface area contributed by atoms with Gasteiger partial charge in [-0.25, -0.2) is 4.98 Å². The van der Waals surface area contributed by atoms with E-state index < -0.39 is 0 Å². The maximum absolute atomic E-state index is 12.5. The fourth-order valence-corrected chi connectivity index (χ4v) is 3.98. The van der Waals surface area contributed by atoms with Crippen LogP contribution in [0.25, 0.3) is 10.9 Å². The van der Waals surface area contributed by atoms with Gasteiger partial charge in [-0.1, -0.05) is 64.8 Å². The number of hydrogen-bond donors (Lipinski definition) is 1. The van der Waals surface area contributed by atoms with Gasteiger partial charge in [-0.15, -0.1) is 0 Å². The van der Waals surface area contributed by atoms with Gasteiger partial charge in [0.15, 0.2) is 0 Å². The largest absolute Gasteiger partial charge is 0.324 e. The molecular weight excluding hydrogens is 411 g/mol. The van der Waals surface area contributed by atoms with Crippen LogP contribution in [0.4, 0.5) is 5.69 Å². The number of pyridine rings is 1. The first-order valence-electron chi connectivity index (χ1n) is 7.83. The van der Waals surface area contributed by atoms with Crippen molar-refractivity contribution < 1.29 is 4.79 Å². The normalized spacial score (nSPS) is 12.2. The Morgan fingerprint density at radius 3 is 2.54 bits per heavy atom. The average Bonchev–Trinajstić information content (AvgIpc) is 2.59. The van der Waals surface area contributed by atoms with Gasteiger partial charge in [-0.05, 0) is 43.7 Å². The predicted molar refractivity (Wildman–Crippen MR) is 112 cm³/mol. The van der Waals surface area contributed by atoms with Gasteiger partial charge in [0, 0.05) is 5.39 Å². The number of fused-ring (bicyclic) bond motifs is 1. The topological polar surface area (TPSA) is 42.0 Å². The van der Waals surface area contributed by atoms with Crippen molar-refractivity contribution in [2.75, 3.05) is 5.32 Å². The van der Waals surface area contributed by atoms with Crippen molar-refractivity contribution in [1.82, 2.24) is 4.98 Å². The number of nitrogens with one attached hydrogen (secondary N) is 1. The summed E-state index contributed by atoms with van der Waals surface area (Å²) in [5.74, 6) is -0.192. The number of carbonyl (C=O) groups excluding carboxylic acids is 1. The van der Waals surface area contributed by atoms with E-state index in [-0.39, 0.29) is 11.2 Å². The Morgan fingerprint density at radius 1 is 1.08 bits per heavy atom. The molecule has 0 saturated heterocycles. The molecule has 0 aliphatic carbocycles. The Kier molecular flexibility index (Phi) is 5.98. The van der Waals surface area contributed by atoms with Crippen LogP contribution in [0.5, 0.6) is 0 Å². The SMILES string of the molecule is Cc1cc(SC(C)C(=O)Nc2cc(Cl)c(Cl)cc2Cl)nc2ccccc12. The summed E-state index contributed by atoms with van der Waals surface area (Å²) >= 11 is 19.4. The van der Waals surface area contributed by atoms with Crippen molar-refractivity contribution in [1.29, 1.82) is 0 Å². The molecule has 0 aliphatic rings. The van der Waals surface area contributed by atoms with Crippen molar-refractivity contribution in [2.24, 2.45) is 0 Å². The molecule has 7 heteroatoms. The van der Waals surface area contributed by atoms with Gasteiger partial charge in [0.2, 0.25) is 5.91 Å². The number of amides is 1. The predicted octanol–water partition coefficient (Wildman–Crippen LogP) is 6.62. The first kappa shape index (κ1) is 19.3. The molecule has 3 rings (SSSR count). The molecule has 3 nitrogen and oxygen atoms in total. The molecule has 1 unspecified atom stereocenters.